The van der Waals surface area contributed by atoms with Gasteiger partial charge in [-0.3, -0.25) is 4.79 Å². The van der Waals surface area contributed by atoms with Crippen molar-refractivity contribution in [1.29, 1.82) is 0 Å². The third-order valence-electron chi connectivity index (χ3n) is 7.42. The Morgan fingerprint density at radius 1 is 1.06 bits per heavy atom. The van der Waals surface area contributed by atoms with Crippen molar-refractivity contribution in [2.24, 2.45) is 5.92 Å². The van der Waals surface area contributed by atoms with Gasteiger partial charge in [-0.25, -0.2) is 9.59 Å². The molecule has 1 saturated carbocycles. The second-order valence-electron chi connectivity index (χ2n) is 9.41. The Morgan fingerprint density at radius 3 is 2.26 bits per heavy atom. The van der Waals surface area contributed by atoms with Crippen molar-refractivity contribution in [3.05, 3.63) is 71.8 Å². The lowest BCUT2D eigenvalue weighted by atomic mass is 9.89. The fourth-order valence-corrected chi connectivity index (χ4v) is 5.28. The molecule has 34 heavy (non-hydrogen) atoms. The first-order valence-electron chi connectivity index (χ1n) is 11.7. The van der Waals surface area contributed by atoms with Crippen LogP contribution in [0.3, 0.4) is 0 Å². The average Bonchev–Trinajstić information content (AvgIpc) is 3.61. The van der Waals surface area contributed by atoms with E-state index in [1.807, 2.05) is 36.4 Å². The van der Waals surface area contributed by atoms with E-state index in [4.69, 9.17) is 4.74 Å². The van der Waals surface area contributed by atoms with Gasteiger partial charge in [0.15, 0.2) is 0 Å². The number of nitrogens with one attached hydrogen (secondary N) is 1. The summed E-state index contributed by atoms with van der Waals surface area (Å²) in [4.78, 5) is 38.5. The molecule has 2 aromatic rings. The molecule has 5 rings (SSSR count). The zero-order chi connectivity index (χ0) is 23.9. The normalized spacial score (nSPS) is 21.8. The molecule has 2 aromatic carbocycles. The number of carboxylic acids is 1. The van der Waals surface area contributed by atoms with Crippen molar-refractivity contribution in [2.45, 2.75) is 43.2 Å². The molecule has 2 amide bonds. The number of amides is 2. The molecule has 0 saturated heterocycles. The highest BCUT2D eigenvalue weighted by molar-refractivity contribution is 5.90. The number of likely N-dealkylation sites (N-methyl/N-ethyl adjacent to an activating group) is 1. The van der Waals surface area contributed by atoms with Crippen molar-refractivity contribution in [2.75, 3.05) is 13.7 Å². The zero-order valence-corrected chi connectivity index (χ0v) is 19.1. The Balaban J connectivity index is 1.19. The van der Waals surface area contributed by atoms with E-state index in [9.17, 15) is 19.5 Å². The molecule has 0 spiro atoms. The first-order chi connectivity index (χ1) is 16.4. The van der Waals surface area contributed by atoms with Crippen LogP contribution >= 0.6 is 0 Å². The maximum absolute atomic E-state index is 12.9. The average molecular weight is 461 g/mol. The summed E-state index contributed by atoms with van der Waals surface area (Å²) in [7, 11) is 1.57. The molecule has 3 aliphatic rings. The number of ether oxygens (including phenoxy) is 1. The number of allylic oxidation sites excluding steroid dienone is 1. The van der Waals surface area contributed by atoms with Crippen molar-refractivity contribution >= 4 is 18.0 Å². The van der Waals surface area contributed by atoms with E-state index in [0.717, 1.165) is 11.1 Å². The number of carbonyl (C=O) groups is 3. The van der Waals surface area contributed by atoms with Crippen molar-refractivity contribution in [3.8, 4) is 11.1 Å². The number of fused-ring (bicyclic) bond motifs is 3. The van der Waals surface area contributed by atoms with Gasteiger partial charge in [0, 0.05) is 18.9 Å². The number of aliphatic carboxylic acids is 1. The van der Waals surface area contributed by atoms with Gasteiger partial charge in [-0.05, 0) is 47.9 Å². The van der Waals surface area contributed by atoms with Crippen LogP contribution in [0.1, 0.15) is 42.7 Å². The number of carbonyl (C=O) groups excluding carboxylic acids is 2. The minimum absolute atomic E-state index is 0.0197. The van der Waals surface area contributed by atoms with Gasteiger partial charge >= 0.3 is 12.1 Å². The molecule has 0 heterocycles. The number of nitrogens with zero attached hydrogens (tertiary/aromatic N) is 1. The van der Waals surface area contributed by atoms with E-state index in [1.165, 1.54) is 16.0 Å². The number of hydrogen-bond donors (Lipinski definition) is 2. The summed E-state index contributed by atoms with van der Waals surface area (Å²) in [5, 5.41) is 12.3. The first-order valence-corrected chi connectivity index (χ1v) is 11.7. The van der Waals surface area contributed by atoms with Gasteiger partial charge in [-0.2, -0.15) is 0 Å². The van der Waals surface area contributed by atoms with Crippen LogP contribution in [-0.4, -0.2) is 53.2 Å². The van der Waals surface area contributed by atoms with Crippen LogP contribution in [0.25, 0.3) is 11.1 Å². The van der Waals surface area contributed by atoms with E-state index in [1.54, 1.807) is 7.05 Å². The molecule has 0 radical (unpaired) electrons. The van der Waals surface area contributed by atoms with Crippen molar-refractivity contribution in [1.82, 2.24) is 10.2 Å². The SMILES string of the molecule is CN(C(=O)[C@@H]1CC=C[C@@H](NC(=O)OCC2c3ccccc3-c3ccccc32)C1)C1(C(=O)O)CC1. The van der Waals surface area contributed by atoms with Gasteiger partial charge in [0.1, 0.15) is 12.1 Å². The molecule has 7 heteroatoms. The molecule has 1 fully saturated rings. The Kier molecular flexibility index (Phi) is 5.63. The highest BCUT2D eigenvalue weighted by Gasteiger charge is 2.56. The van der Waals surface area contributed by atoms with Gasteiger partial charge in [0.05, 0.1) is 6.04 Å². The van der Waals surface area contributed by atoms with Gasteiger partial charge in [0.25, 0.3) is 0 Å². The Labute approximate surface area is 198 Å². The van der Waals surface area contributed by atoms with Crippen LogP contribution < -0.4 is 5.32 Å². The molecule has 7 nitrogen and oxygen atoms in total. The third-order valence-corrected chi connectivity index (χ3v) is 7.42. The molecule has 3 aliphatic carbocycles. The molecular formula is C27H28N2O5. The summed E-state index contributed by atoms with van der Waals surface area (Å²) >= 11 is 0. The molecule has 2 N–H and O–H groups in total. The smallest absolute Gasteiger partial charge is 0.407 e. The largest absolute Gasteiger partial charge is 0.479 e. The third kappa shape index (κ3) is 3.85. The molecule has 0 bridgehead atoms. The molecule has 0 aromatic heterocycles. The van der Waals surface area contributed by atoms with Crippen molar-refractivity contribution < 1.29 is 24.2 Å². The van der Waals surface area contributed by atoms with Crippen LogP contribution in [0.15, 0.2) is 60.7 Å². The Morgan fingerprint density at radius 2 is 1.68 bits per heavy atom. The summed E-state index contributed by atoms with van der Waals surface area (Å²) in [5.41, 5.74) is 3.57. The van der Waals surface area contributed by atoms with E-state index < -0.39 is 17.6 Å². The molecular weight excluding hydrogens is 432 g/mol. The summed E-state index contributed by atoms with van der Waals surface area (Å²) in [6.07, 6.45) is 5.12. The minimum Gasteiger partial charge on any atom is -0.479 e. The van der Waals surface area contributed by atoms with Gasteiger partial charge in [0.2, 0.25) is 5.91 Å². The maximum atomic E-state index is 12.9. The van der Waals surface area contributed by atoms with E-state index in [-0.39, 0.29) is 30.4 Å². The van der Waals surface area contributed by atoms with E-state index in [0.29, 0.717) is 25.7 Å². The monoisotopic (exact) mass is 460 g/mol. The fourth-order valence-electron chi connectivity index (χ4n) is 5.28. The maximum Gasteiger partial charge on any atom is 0.407 e. The van der Waals surface area contributed by atoms with Crippen LogP contribution in [-0.2, 0) is 14.3 Å². The van der Waals surface area contributed by atoms with Gasteiger partial charge in [-0.15, -0.1) is 0 Å². The highest BCUT2D eigenvalue weighted by atomic mass is 16.5. The summed E-state index contributed by atoms with van der Waals surface area (Å²) < 4.78 is 5.62. The second-order valence-corrected chi connectivity index (χ2v) is 9.41. The highest BCUT2D eigenvalue weighted by Crippen LogP contribution is 2.45. The van der Waals surface area contributed by atoms with Crippen LogP contribution in [0.2, 0.25) is 0 Å². The number of alkyl carbamates (subject to hydrolysis) is 1. The van der Waals surface area contributed by atoms with Crippen LogP contribution in [0.5, 0.6) is 0 Å². The van der Waals surface area contributed by atoms with Crippen molar-refractivity contribution in [3.63, 3.8) is 0 Å². The topological polar surface area (TPSA) is 95.9 Å². The molecule has 176 valence electrons. The van der Waals surface area contributed by atoms with E-state index >= 15 is 0 Å². The quantitative estimate of drug-likeness (QED) is 0.637. The Hall–Kier alpha value is -3.61. The first kappa shape index (κ1) is 22.2. The standard InChI is InChI=1S/C27H28N2O5/c1-29(27(13-14-27)25(31)32)24(30)17-7-6-8-18(15-17)28-26(33)34-16-23-21-11-4-2-9-19(21)20-10-3-5-12-22(20)23/h2-6,8-12,17-18,23H,7,13-16H2,1H3,(H,28,33)(H,31,32)/t17-,18-/m1/s1. The molecule has 0 unspecified atom stereocenters. The fraction of sp³-hybridized carbons (Fsp3) is 0.370. The molecule has 2 atom stereocenters. The van der Waals surface area contributed by atoms with Gasteiger partial charge in [-0.1, -0.05) is 60.7 Å². The predicted octanol–water partition coefficient (Wildman–Crippen LogP) is 3.94. The number of benzene rings is 2. The summed E-state index contributed by atoms with van der Waals surface area (Å²) in [6, 6.07) is 16.0. The lowest BCUT2D eigenvalue weighted by Crippen LogP contribution is -2.48. The number of rotatable bonds is 6. The number of hydrogen-bond acceptors (Lipinski definition) is 4. The number of carboxylic acid groups (broad SMARTS) is 1. The predicted molar refractivity (Wildman–Crippen MR) is 126 cm³/mol. The Bertz CT molecular complexity index is 1120. The molecule has 0 aliphatic heterocycles. The summed E-state index contributed by atoms with van der Waals surface area (Å²) in [5.74, 6) is -1.54. The minimum atomic E-state index is -1.06. The van der Waals surface area contributed by atoms with Crippen LogP contribution in [0.4, 0.5) is 4.79 Å². The van der Waals surface area contributed by atoms with Gasteiger partial charge < -0.3 is 20.1 Å². The second kappa shape index (κ2) is 8.63. The van der Waals surface area contributed by atoms with Crippen LogP contribution in [0, 0.1) is 5.92 Å². The van der Waals surface area contributed by atoms with E-state index in [2.05, 4.69) is 29.6 Å². The zero-order valence-electron chi connectivity index (χ0n) is 19.1. The summed E-state index contributed by atoms with van der Waals surface area (Å²) in [6.45, 7) is 0.225. The lowest BCUT2D eigenvalue weighted by Gasteiger charge is -2.31. The lowest BCUT2D eigenvalue weighted by molar-refractivity contribution is -0.152.